The molecule has 15 heavy (non-hydrogen) atoms. The second-order valence-corrected chi connectivity index (χ2v) is 3.27. The van der Waals surface area contributed by atoms with Crippen molar-refractivity contribution >= 4 is 11.5 Å². The van der Waals surface area contributed by atoms with Crippen LogP contribution in [0.15, 0.2) is 18.3 Å². The van der Waals surface area contributed by atoms with Crippen LogP contribution >= 0.6 is 0 Å². The maximum Gasteiger partial charge on any atom is 0.287 e. The minimum Gasteiger partial charge on any atom is -0.299 e. The lowest BCUT2D eigenvalue weighted by Gasteiger charge is -2.09. The van der Waals surface area contributed by atoms with Gasteiger partial charge in [0.05, 0.1) is 16.5 Å². The zero-order valence-electron chi connectivity index (χ0n) is 8.64. The molecule has 0 aliphatic carbocycles. The summed E-state index contributed by atoms with van der Waals surface area (Å²) in [6.07, 6.45) is 1.83. The number of hydrogen-bond donors (Lipinski definition) is 0. The first kappa shape index (κ1) is 11.3. The average Bonchev–Trinajstić information content (AvgIpc) is 2.19. The van der Waals surface area contributed by atoms with Gasteiger partial charge >= 0.3 is 0 Å². The summed E-state index contributed by atoms with van der Waals surface area (Å²) in [4.78, 5) is 25.0. The smallest absolute Gasteiger partial charge is 0.287 e. The lowest BCUT2D eigenvalue weighted by atomic mass is 9.98. The largest absolute Gasteiger partial charge is 0.299 e. The number of Topliss-reactive ketones (excluding diaryl/α,β-unsaturated/α-hetero) is 1. The van der Waals surface area contributed by atoms with Crippen molar-refractivity contribution in [1.82, 2.24) is 4.98 Å². The third-order valence-corrected chi connectivity index (χ3v) is 2.24. The van der Waals surface area contributed by atoms with E-state index in [1.54, 1.807) is 0 Å². The van der Waals surface area contributed by atoms with E-state index < -0.39 is 4.92 Å². The highest BCUT2D eigenvalue weighted by molar-refractivity contribution is 5.82. The summed E-state index contributed by atoms with van der Waals surface area (Å²) < 4.78 is 0. The van der Waals surface area contributed by atoms with Crippen LogP contribution in [0.2, 0.25) is 0 Å². The van der Waals surface area contributed by atoms with E-state index in [0.717, 1.165) is 0 Å². The highest BCUT2D eigenvalue weighted by Gasteiger charge is 2.16. The second-order valence-electron chi connectivity index (χ2n) is 3.27. The van der Waals surface area contributed by atoms with Gasteiger partial charge in [-0.3, -0.25) is 19.9 Å². The summed E-state index contributed by atoms with van der Waals surface area (Å²) in [5, 5.41) is 10.4. The van der Waals surface area contributed by atoms with E-state index in [1.165, 1.54) is 25.3 Å². The number of nitrogens with zero attached hydrogens (tertiary/aromatic N) is 2. The minimum absolute atomic E-state index is 0.0267. The van der Waals surface area contributed by atoms with Gasteiger partial charge in [-0.1, -0.05) is 6.92 Å². The molecule has 1 aromatic heterocycles. The molecule has 0 spiro atoms. The van der Waals surface area contributed by atoms with Crippen LogP contribution in [-0.4, -0.2) is 15.7 Å². The monoisotopic (exact) mass is 208 g/mol. The normalized spacial score (nSPS) is 12.1. The fourth-order valence-electron chi connectivity index (χ4n) is 1.42. The number of carbonyl (C=O) groups is 1. The zero-order chi connectivity index (χ0) is 11.4. The highest BCUT2D eigenvalue weighted by atomic mass is 16.6. The molecule has 0 aliphatic rings. The summed E-state index contributed by atoms with van der Waals surface area (Å²) >= 11 is 0. The number of pyridine rings is 1. The van der Waals surface area contributed by atoms with Crippen molar-refractivity contribution in [2.24, 2.45) is 0 Å². The number of carbonyl (C=O) groups excluding carboxylic acids is 1. The molecule has 0 aromatic carbocycles. The van der Waals surface area contributed by atoms with Crippen LogP contribution in [0.4, 0.5) is 5.69 Å². The van der Waals surface area contributed by atoms with Crippen molar-refractivity contribution in [2.75, 3.05) is 0 Å². The quantitative estimate of drug-likeness (QED) is 0.560. The molecule has 1 aromatic rings. The van der Waals surface area contributed by atoms with Crippen LogP contribution in [0.3, 0.4) is 0 Å². The third kappa shape index (κ3) is 2.59. The van der Waals surface area contributed by atoms with Crippen molar-refractivity contribution in [3.8, 4) is 0 Å². The molecule has 1 rings (SSSR count). The van der Waals surface area contributed by atoms with Crippen LogP contribution in [0.25, 0.3) is 0 Å². The molecule has 0 aliphatic heterocycles. The summed E-state index contributed by atoms with van der Waals surface area (Å²) in [5.41, 5.74) is 0.535. The van der Waals surface area contributed by atoms with Gasteiger partial charge in [0.2, 0.25) is 0 Å². The number of nitro groups is 1. The molecule has 0 fully saturated rings. The molecule has 0 N–H and O–H groups in total. The second kappa shape index (κ2) is 4.63. The molecule has 1 unspecified atom stereocenters. The van der Waals surface area contributed by atoms with Gasteiger partial charge in [0.1, 0.15) is 12.0 Å². The van der Waals surface area contributed by atoms with E-state index in [9.17, 15) is 14.9 Å². The first-order chi connectivity index (χ1) is 7.06. The van der Waals surface area contributed by atoms with E-state index in [1.807, 2.05) is 6.92 Å². The molecule has 0 amide bonds. The molecule has 1 heterocycles. The van der Waals surface area contributed by atoms with Gasteiger partial charge in [-0.2, -0.15) is 0 Å². The molecule has 0 saturated heterocycles. The fourth-order valence-corrected chi connectivity index (χ4v) is 1.42. The zero-order valence-corrected chi connectivity index (χ0v) is 8.64. The van der Waals surface area contributed by atoms with E-state index in [-0.39, 0.29) is 17.4 Å². The number of ketones is 1. The van der Waals surface area contributed by atoms with E-state index in [2.05, 4.69) is 4.98 Å². The SMILES string of the molecule is CCC(C(C)=O)c1ccc([N+](=O)[O-])cn1. The highest BCUT2D eigenvalue weighted by Crippen LogP contribution is 2.20. The maximum atomic E-state index is 11.2. The fraction of sp³-hybridized carbons (Fsp3) is 0.400. The van der Waals surface area contributed by atoms with Crippen LogP contribution in [-0.2, 0) is 4.79 Å². The molecular formula is C10H12N2O3. The van der Waals surface area contributed by atoms with Crippen molar-refractivity contribution in [2.45, 2.75) is 26.2 Å². The predicted octanol–water partition coefficient (Wildman–Crippen LogP) is 2.07. The van der Waals surface area contributed by atoms with Crippen molar-refractivity contribution in [1.29, 1.82) is 0 Å². The molecule has 0 bridgehead atoms. The van der Waals surface area contributed by atoms with Gasteiger partial charge in [-0.25, -0.2) is 0 Å². The molecule has 1 atom stereocenters. The van der Waals surface area contributed by atoms with E-state index in [4.69, 9.17) is 0 Å². The van der Waals surface area contributed by atoms with Gasteiger partial charge in [-0.05, 0) is 19.4 Å². The third-order valence-electron chi connectivity index (χ3n) is 2.24. The van der Waals surface area contributed by atoms with Gasteiger partial charge < -0.3 is 0 Å². The molecule has 5 nitrogen and oxygen atoms in total. The number of hydrogen-bond acceptors (Lipinski definition) is 4. The average molecular weight is 208 g/mol. The maximum absolute atomic E-state index is 11.2. The van der Waals surface area contributed by atoms with Gasteiger partial charge in [0.25, 0.3) is 5.69 Å². The molecular weight excluding hydrogens is 196 g/mol. The molecule has 5 heteroatoms. The van der Waals surface area contributed by atoms with Crippen LogP contribution in [0.5, 0.6) is 0 Å². The lowest BCUT2D eigenvalue weighted by Crippen LogP contribution is -2.09. The van der Waals surface area contributed by atoms with Crippen LogP contribution < -0.4 is 0 Å². The Morgan fingerprint density at radius 1 is 1.60 bits per heavy atom. The first-order valence-corrected chi connectivity index (χ1v) is 4.67. The Hall–Kier alpha value is -1.78. The van der Waals surface area contributed by atoms with Crippen molar-refractivity contribution in [3.63, 3.8) is 0 Å². The van der Waals surface area contributed by atoms with Crippen molar-refractivity contribution in [3.05, 3.63) is 34.1 Å². The summed E-state index contributed by atoms with van der Waals surface area (Å²) in [6.45, 7) is 3.38. The van der Waals surface area contributed by atoms with Crippen LogP contribution in [0.1, 0.15) is 31.9 Å². The summed E-state index contributed by atoms with van der Waals surface area (Å²) in [5.74, 6) is -0.232. The minimum atomic E-state index is -0.508. The lowest BCUT2D eigenvalue weighted by molar-refractivity contribution is -0.385. The summed E-state index contributed by atoms with van der Waals surface area (Å²) in [7, 11) is 0. The van der Waals surface area contributed by atoms with E-state index in [0.29, 0.717) is 12.1 Å². The Morgan fingerprint density at radius 3 is 2.60 bits per heavy atom. The Balaban J connectivity index is 2.97. The summed E-state index contributed by atoms with van der Waals surface area (Å²) in [6, 6.07) is 2.90. The van der Waals surface area contributed by atoms with Crippen molar-refractivity contribution < 1.29 is 9.72 Å². The Labute approximate surface area is 87.3 Å². The van der Waals surface area contributed by atoms with Crippen LogP contribution in [0, 0.1) is 10.1 Å². The standard InChI is InChI=1S/C10H12N2O3/c1-3-9(7(2)13)10-5-4-8(6-11-10)12(14)15/h4-6,9H,3H2,1-2H3. The Morgan fingerprint density at radius 2 is 2.27 bits per heavy atom. The van der Waals surface area contributed by atoms with Gasteiger partial charge in [0, 0.05) is 6.07 Å². The molecule has 80 valence electrons. The first-order valence-electron chi connectivity index (χ1n) is 4.67. The molecule has 0 radical (unpaired) electrons. The number of rotatable bonds is 4. The predicted molar refractivity (Wildman–Crippen MR) is 54.6 cm³/mol. The number of aromatic nitrogens is 1. The Bertz CT molecular complexity index is 373. The van der Waals surface area contributed by atoms with E-state index >= 15 is 0 Å². The topological polar surface area (TPSA) is 73.1 Å². The van der Waals surface area contributed by atoms with Gasteiger partial charge in [-0.15, -0.1) is 0 Å². The Kier molecular flexibility index (Phi) is 3.49. The van der Waals surface area contributed by atoms with Gasteiger partial charge in [0.15, 0.2) is 0 Å². The molecule has 0 saturated carbocycles.